The molecule has 0 spiro atoms. The van der Waals surface area contributed by atoms with E-state index >= 15 is 0 Å². The van der Waals surface area contributed by atoms with E-state index in [-0.39, 0.29) is 0 Å². The Morgan fingerprint density at radius 1 is 1.05 bits per heavy atom. The van der Waals surface area contributed by atoms with Crippen LogP contribution in [0.25, 0.3) is 11.1 Å². The number of nitrogen functional groups attached to an aromatic ring is 1. The Morgan fingerprint density at radius 2 is 1.86 bits per heavy atom. The summed E-state index contributed by atoms with van der Waals surface area (Å²) in [6.45, 7) is 4.27. The van der Waals surface area contributed by atoms with Crippen molar-refractivity contribution in [2.24, 2.45) is 0 Å². The summed E-state index contributed by atoms with van der Waals surface area (Å²) in [6.07, 6.45) is 1.71. The van der Waals surface area contributed by atoms with E-state index in [0.717, 1.165) is 22.4 Å². The van der Waals surface area contributed by atoms with Crippen molar-refractivity contribution < 1.29 is 14.2 Å². The molecule has 0 saturated heterocycles. The fraction of sp³-hybridized carbons (Fsp3) is 0.353. The molecule has 0 saturated carbocycles. The molecule has 0 aliphatic carbocycles. The summed E-state index contributed by atoms with van der Waals surface area (Å²) in [4.78, 5) is 4.02. The highest BCUT2D eigenvalue weighted by Gasteiger charge is 2.05. The molecule has 1 heterocycles. The number of ether oxygens (including phenoxy) is 3. The molecule has 0 bridgehead atoms. The van der Waals surface area contributed by atoms with E-state index in [4.69, 9.17) is 19.9 Å². The highest BCUT2D eigenvalue weighted by atomic mass is 16.5. The minimum Gasteiger partial charge on any atom is -0.491 e. The summed E-state index contributed by atoms with van der Waals surface area (Å²) < 4.78 is 16.0. The summed E-state index contributed by atoms with van der Waals surface area (Å²) in [7, 11) is 1.65. The number of rotatable bonds is 8. The normalized spacial score (nSPS) is 10.6. The molecule has 0 atom stereocenters. The third kappa shape index (κ3) is 4.72. The van der Waals surface area contributed by atoms with Gasteiger partial charge in [-0.05, 0) is 47.9 Å². The molecular formula is C17H22N2O3. The van der Waals surface area contributed by atoms with Crippen molar-refractivity contribution in [3.8, 4) is 16.9 Å². The Morgan fingerprint density at radius 3 is 2.64 bits per heavy atom. The molecule has 118 valence electrons. The minimum atomic E-state index is 0.505. The third-order valence-corrected chi connectivity index (χ3v) is 3.23. The van der Waals surface area contributed by atoms with E-state index in [0.29, 0.717) is 32.2 Å². The number of methoxy groups -OCH3 is 1. The van der Waals surface area contributed by atoms with Crippen LogP contribution in [0, 0.1) is 6.92 Å². The van der Waals surface area contributed by atoms with E-state index in [1.165, 1.54) is 0 Å². The van der Waals surface area contributed by atoms with E-state index in [1.54, 1.807) is 13.3 Å². The Balaban J connectivity index is 1.98. The van der Waals surface area contributed by atoms with Gasteiger partial charge in [-0.15, -0.1) is 0 Å². The summed E-state index contributed by atoms with van der Waals surface area (Å²) in [5.41, 5.74) is 9.04. The maximum atomic E-state index is 5.75. The van der Waals surface area contributed by atoms with Crippen molar-refractivity contribution in [2.75, 3.05) is 39.3 Å². The SMILES string of the molecule is COCCOCCOc1ccc(C)c(-c2ccnc(N)c2)c1. The summed E-state index contributed by atoms with van der Waals surface area (Å²) in [6, 6.07) is 9.81. The Kier molecular flexibility index (Phi) is 6.18. The second-order valence-corrected chi connectivity index (χ2v) is 4.90. The Bertz CT molecular complexity index is 602. The number of aromatic nitrogens is 1. The van der Waals surface area contributed by atoms with E-state index < -0.39 is 0 Å². The van der Waals surface area contributed by atoms with Gasteiger partial charge >= 0.3 is 0 Å². The third-order valence-electron chi connectivity index (χ3n) is 3.23. The van der Waals surface area contributed by atoms with Crippen molar-refractivity contribution in [3.05, 3.63) is 42.1 Å². The molecule has 0 aliphatic heterocycles. The van der Waals surface area contributed by atoms with Gasteiger partial charge in [-0.1, -0.05) is 6.07 Å². The number of pyridine rings is 1. The van der Waals surface area contributed by atoms with Crippen molar-refractivity contribution in [1.29, 1.82) is 0 Å². The highest BCUT2D eigenvalue weighted by molar-refractivity contribution is 5.70. The molecule has 2 rings (SSSR count). The standard InChI is InChI=1S/C17H22N2O3/c1-13-3-4-15(22-10-9-21-8-7-20-2)12-16(13)14-5-6-19-17(18)11-14/h3-6,11-12H,7-10H2,1-2H3,(H2,18,19). The molecule has 1 aromatic carbocycles. The average Bonchev–Trinajstić information content (AvgIpc) is 2.52. The molecule has 5 heteroatoms. The first-order chi connectivity index (χ1) is 10.7. The van der Waals surface area contributed by atoms with Gasteiger partial charge in [0.1, 0.15) is 18.2 Å². The first kappa shape index (κ1) is 16.3. The van der Waals surface area contributed by atoms with Crippen LogP contribution >= 0.6 is 0 Å². The predicted octanol–water partition coefficient (Wildman–Crippen LogP) is 2.68. The second kappa shape index (κ2) is 8.36. The number of hydrogen-bond acceptors (Lipinski definition) is 5. The second-order valence-electron chi connectivity index (χ2n) is 4.90. The molecular weight excluding hydrogens is 280 g/mol. The number of nitrogens with two attached hydrogens (primary N) is 1. The van der Waals surface area contributed by atoms with Crippen molar-refractivity contribution in [1.82, 2.24) is 4.98 Å². The highest BCUT2D eigenvalue weighted by Crippen LogP contribution is 2.28. The van der Waals surface area contributed by atoms with Crippen LogP contribution < -0.4 is 10.5 Å². The fourth-order valence-electron chi connectivity index (χ4n) is 2.08. The van der Waals surface area contributed by atoms with Crippen LogP contribution in [0.15, 0.2) is 36.5 Å². The monoisotopic (exact) mass is 302 g/mol. The molecule has 0 unspecified atom stereocenters. The average molecular weight is 302 g/mol. The van der Waals surface area contributed by atoms with Gasteiger partial charge in [-0.2, -0.15) is 0 Å². The quantitative estimate of drug-likeness (QED) is 0.759. The first-order valence-corrected chi connectivity index (χ1v) is 7.22. The van der Waals surface area contributed by atoms with Gasteiger partial charge in [-0.25, -0.2) is 4.98 Å². The Labute approximate surface area is 131 Å². The lowest BCUT2D eigenvalue weighted by atomic mass is 10.0. The maximum absolute atomic E-state index is 5.75. The lowest BCUT2D eigenvalue weighted by Crippen LogP contribution is -2.10. The van der Waals surface area contributed by atoms with Crippen LogP contribution in [0.5, 0.6) is 5.75 Å². The largest absolute Gasteiger partial charge is 0.491 e. The number of hydrogen-bond donors (Lipinski definition) is 1. The smallest absolute Gasteiger partial charge is 0.123 e. The molecule has 0 fully saturated rings. The van der Waals surface area contributed by atoms with Crippen LogP contribution in [0.1, 0.15) is 5.56 Å². The van der Waals surface area contributed by atoms with Crippen LogP contribution in [-0.4, -0.2) is 38.5 Å². The fourth-order valence-corrected chi connectivity index (χ4v) is 2.08. The zero-order valence-electron chi connectivity index (χ0n) is 13.0. The number of nitrogens with zero attached hydrogens (tertiary/aromatic N) is 1. The van der Waals surface area contributed by atoms with Crippen LogP contribution in [-0.2, 0) is 9.47 Å². The van der Waals surface area contributed by atoms with E-state index in [9.17, 15) is 0 Å². The molecule has 2 N–H and O–H groups in total. The Hall–Kier alpha value is -2.11. The zero-order chi connectivity index (χ0) is 15.8. The maximum Gasteiger partial charge on any atom is 0.123 e. The molecule has 0 radical (unpaired) electrons. The van der Waals surface area contributed by atoms with Crippen LogP contribution in [0.3, 0.4) is 0 Å². The van der Waals surface area contributed by atoms with Gasteiger partial charge in [0.2, 0.25) is 0 Å². The molecule has 0 aliphatic rings. The van der Waals surface area contributed by atoms with Gasteiger partial charge in [0.15, 0.2) is 0 Å². The van der Waals surface area contributed by atoms with Gasteiger partial charge in [0.25, 0.3) is 0 Å². The van der Waals surface area contributed by atoms with Gasteiger partial charge in [-0.3, -0.25) is 0 Å². The molecule has 22 heavy (non-hydrogen) atoms. The lowest BCUT2D eigenvalue weighted by molar-refractivity contribution is 0.0544. The number of benzene rings is 1. The lowest BCUT2D eigenvalue weighted by Gasteiger charge is -2.11. The zero-order valence-corrected chi connectivity index (χ0v) is 13.0. The predicted molar refractivity (Wildman–Crippen MR) is 87.0 cm³/mol. The number of anilines is 1. The summed E-state index contributed by atoms with van der Waals surface area (Å²) >= 11 is 0. The van der Waals surface area contributed by atoms with Crippen molar-refractivity contribution in [2.45, 2.75) is 6.92 Å². The molecule has 0 amide bonds. The van der Waals surface area contributed by atoms with Gasteiger partial charge in [0, 0.05) is 13.3 Å². The summed E-state index contributed by atoms with van der Waals surface area (Å²) in [5.74, 6) is 1.32. The molecule has 1 aromatic heterocycles. The summed E-state index contributed by atoms with van der Waals surface area (Å²) in [5, 5.41) is 0. The molecule has 5 nitrogen and oxygen atoms in total. The van der Waals surface area contributed by atoms with Gasteiger partial charge < -0.3 is 19.9 Å². The minimum absolute atomic E-state index is 0.505. The van der Waals surface area contributed by atoms with Crippen molar-refractivity contribution >= 4 is 5.82 Å². The molecule has 2 aromatic rings. The first-order valence-electron chi connectivity index (χ1n) is 7.22. The van der Waals surface area contributed by atoms with Crippen LogP contribution in [0.2, 0.25) is 0 Å². The van der Waals surface area contributed by atoms with Crippen molar-refractivity contribution in [3.63, 3.8) is 0 Å². The van der Waals surface area contributed by atoms with E-state index in [1.807, 2.05) is 30.3 Å². The topological polar surface area (TPSA) is 66.6 Å². The van der Waals surface area contributed by atoms with E-state index in [2.05, 4.69) is 11.9 Å². The van der Waals surface area contributed by atoms with Crippen LogP contribution in [0.4, 0.5) is 5.82 Å². The van der Waals surface area contributed by atoms with Gasteiger partial charge in [0.05, 0.1) is 19.8 Å². The number of aryl methyl sites for hydroxylation is 1.